The molecule has 4 heteroatoms. The first-order valence-corrected chi connectivity index (χ1v) is 8.74. The van der Waals surface area contributed by atoms with Gasteiger partial charge in [-0.1, -0.05) is 60.2 Å². The summed E-state index contributed by atoms with van der Waals surface area (Å²) in [5, 5.41) is 3.04. The van der Waals surface area contributed by atoms with Gasteiger partial charge in [-0.05, 0) is 42.3 Å². The SMILES string of the molecule is Cc1ccc(C(NC(=O)COc2ccc(C=O)cc2)c2ccccc2)cc1. The Morgan fingerprint density at radius 3 is 2.19 bits per heavy atom. The van der Waals surface area contributed by atoms with Gasteiger partial charge in [0.05, 0.1) is 6.04 Å². The summed E-state index contributed by atoms with van der Waals surface area (Å²) in [5.41, 5.74) is 3.75. The van der Waals surface area contributed by atoms with Crippen molar-refractivity contribution in [3.63, 3.8) is 0 Å². The fraction of sp³-hybridized carbons (Fsp3) is 0.130. The number of carbonyl (C=O) groups excluding carboxylic acids is 2. The molecule has 0 spiro atoms. The molecular weight excluding hydrogens is 338 g/mol. The molecule has 1 amide bonds. The van der Waals surface area contributed by atoms with Gasteiger partial charge in [0.2, 0.25) is 0 Å². The average molecular weight is 359 g/mol. The van der Waals surface area contributed by atoms with Crippen molar-refractivity contribution in [3.8, 4) is 5.75 Å². The molecule has 1 atom stereocenters. The predicted molar refractivity (Wildman–Crippen MR) is 105 cm³/mol. The van der Waals surface area contributed by atoms with E-state index in [-0.39, 0.29) is 18.6 Å². The zero-order valence-electron chi connectivity index (χ0n) is 15.1. The first-order chi connectivity index (χ1) is 13.2. The van der Waals surface area contributed by atoms with E-state index in [0.29, 0.717) is 11.3 Å². The molecule has 27 heavy (non-hydrogen) atoms. The van der Waals surface area contributed by atoms with Crippen LogP contribution in [0.1, 0.15) is 33.1 Å². The molecule has 1 N–H and O–H groups in total. The quantitative estimate of drug-likeness (QED) is 0.647. The summed E-state index contributed by atoms with van der Waals surface area (Å²) in [6, 6.07) is 24.3. The molecule has 0 aliphatic carbocycles. The first kappa shape index (κ1) is 18.4. The highest BCUT2D eigenvalue weighted by Gasteiger charge is 2.17. The van der Waals surface area contributed by atoms with E-state index in [4.69, 9.17) is 4.74 Å². The zero-order valence-corrected chi connectivity index (χ0v) is 15.1. The van der Waals surface area contributed by atoms with Gasteiger partial charge in [0.1, 0.15) is 12.0 Å². The number of amides is 1. The van der Waals surface area contributed by atoms with Gasteiger partial charge in [0.15, 0.2) is 6.61 Å². The van der Waals surface area contributed by atoms with Crippen LogP contribution in [-0.4, -0.2) is 18.8 Å². The van der Waals surface area contributed by atoms with Crippen LogP contribution in [-0.2, 0) is 4.79 Å². The second-order valence-corrected chi connectivity index (χ2v) is 6.30. The highest BCUT2D eigenvalue weighted by atomic mass is 16.5. The Kier molecular flexibility index (Phi) is 6.00. The van der Waals surface area contributed by atoms with E-state index in [1.165, 1.54) is 5.56 Å². The Labute approximate surface area is 158 Å². The van der Waals surface area contributed by atoms with E-state index in [9.17, 15) is 9.59 Å². The summed E-state index contributed by atoms with van der Waals surface area (Å²) in [7, 11) is 0. The summed E-state index contributed by atoms with van der Waals surface area (Å²) in [6.45, 7) is 1.93. The van der Waals surface area contributed by atoms with Crippen LogP contribution in [0.25, 0.3) is 0 Å². The van der Waals surface area contributed by atoms with E-state index in [1.807, 2.05) is 61.5 Å². The minimum atomic E-state index is -0.250. The van der Waals surface area contributed by atoms with Crippen LogP contribution >= 0.6 is 0 Å². The summed E-state index contributed by atoms with van der Waals surface area (Å²) >= 11 is 0. The van der Waals surface area contributed by atoms with Crippen LogP contribution in [0.15, 0.2) is 78.9 Å². The third-order valence-electron chi connectivity index (χ3n) is 4.24. The van der Waals surface area contributed by atoms with Crippen molar-refractivity contribution < 1.29 is 14.3 Å². The van der Waals surface area contributed by atoms with Gasteiger partial charge in [0.25, 0.3) is 5.91 Å². The zero-order chi connectivity index (χ0) is 19.1. The lowest BCUT2D eigenvalue weighted by molar-refractivity contribution is -0.123. The number of nitrogens with one attached hydrogen (secondary N) is 1. The minimum Gasteiger partial charge on any atom is -0.484 e. The van der Waals surface area contributed by atoms with Gasteiger partial charge < -0.3 is 10.1 Å². The van der Waals surface area contributed by atoms with Gasteiger partial charge in [-0.15, -0.1) is 0 Å². The van der Waals surface area contributed by atoms with Crippen LogP contribution in [0.4, 0.5) is 0 Å². The molecule has 0 aliphatic heterocycles. The second-order valence-electron chi connectivity index (χ2n) is 6.30. The van der Waals surface area contributed by atoms with E-state index in [2.05, 4.69) is 5.32 Å². The largest absolute Gasteiger partial charge is 0.484 e. The third-order valence-corrected chi connectivity index (χ3v) is 4.24. The maximum Gasteiger partial charge on any atom is 0.258 e. The van der Waals surface area contributed by atoms with Crippen molar-refractivity contribution in [1.29, 1.82) is 0 Å². The maximum absolute atomic E-state index is 12.5. The lowest BCUT2D eigenvalue weighted by atomic mass is 9.98. The number of hydrogen-bond donors (Lipinski definition) is 1. The Morgan fingerprint density at radius 1 is 0.926 bits per heavy atom. The molecule has 0 saturated heterocycles. The van der Waals surface area contributed by atoms with Crippen LogP contribution in [0.5, 0.6) is 5.75 Å². The van der Waals surface area contributed by atoms with E-state index < -0.39 is 0 Å². The van der Waals surface area contributed by atoms with Crippen LogP contribution in [0, 0.1) is 6.92 Å². The van der Waals surface area contributed by atoms with Crippen LogP contribution < -0.4 is 10.1 Å². The number of carbonyl (C=O) groups is 2. The number of benzene rings is 3. The van der Waals surface area contributed by atoms with Crippen molar-refractivity contribution in [1.82, 2.24) is 5.32 Å². The summed E-state index contributed by atoms with van der Waals surface area (Å²) in [4.78, 5) is 23.2. The van der Waals surface area contributed by atoms with Crippen LogP contribution in [0.2, 0.25) is 0 Å². The molecule has 136 valence electrons. The number of ether oxygens (including phenoxy) is 1. The molecule has 0 fully saturated rings. The smallest absolute Gasteiger partial charge is 0.258 e. The van der Waals surface area contributed by atoms with Crippen molar-refractivity contribution in [3.05, 3.63) is 101 Å². The Bertz CT molecular complexity index is 887. The van der Waals surface area contributed by atoms with Gasteiger partial charge in [0, 0.05) is 5.56 Å². The van der Waals surface area contributed by atoms with E-state index in [1.54, 1.807) is 24.3 Å². The van der Waals surface area contributed by atoms with Crippen molar-refractivity contribution in [2.24, 2.45) is 0 Å². The number of hydrogen-bond acceptors (Lipinski definition) is 3. The topological polar surface area (TPSA) is 55.4 Å². The lowest BCUT2D eigenvalue weighted by Crippen LogP contribution is -2.33. The molecular formula is C23H21NO3. The Morgan fingerprint density at radius 2 is 1.56 bits per heavy atom. The monoisotopic (exact) mass is 359 g/mol. The van der Waals surface area contributed by atoms with Crippen molar-refractivity contribution in [2.75, 3.05) is 6.61 Å². The van der Waals surface area contributed by atoms with Gasteiger partial charge in [-0.25, -0.2) is 0 Å². The molecule has 3 aromatic carbocycles. The van der Waals surface area contributed by atoms with Crippen LogP contribution in [0.3, 0.4) is 0 Å². The standard InChI is InChI=1S/C23H21NO3/c1-17-7-11-20(12-8-17)23(19-5-3-2-4-6-19)24-22(26)16-27-21-13-9-18(15-25)10-14-21/h2-15,23H,16H2,1H3,(H,24,26). The number of aldehydes is 1. The average Bonchev–Trinajstić information content (AvgIpc) is 2.72. The van der Waals surface area contributed by atoms with E-state index in [0.717, 1.165) is 17.4 Å². The van der Waals surface area contributed by atoms with E-state index >= 15 is 0 Å². The molecule has 3 aromatic rings. The fourth-order valence-corrected chi connectivity index (χ4v) is 2.76. The van der Waals surface area contributed by atoms with Gasteiger partial charge in [-0.2, -0.15) is 0 Å². The summed E-state index contributed by atoms with van der Waals surface area (Å²) in [5.74, 6) is 0.325. The first-order valence-electron chi connectivity index (χ1n) is 8.74. The third kappa shape index (κ3) is 5.05. The highest BCUT2D eigenvalue weighted by Crippen LogP contribution is 2.22. The van der Waals surface area contributed by atoms with Crippen molar-refractivity contribution in [2.45, 2.75) is 13.0 Å². The maximum atomic E-state index is 12.5. The number of aryl methyl sites for hydroxylation is 1. The molecule has 0 bridgehead atoms. The molecule has 0 radical (unpaired) electrons. The Balaban J connectivity index is 1.70. The second kappa shape index (κ2) is 8.81. The highest BCUT2D eigenvalue weighted by molar-refractivity contribution is 5.78. The molecule has 0 heterocycles. The molecule has 3 rings (SSSR count). The van der Waals surface area contributed by atoms with Gasteiger partial charge in [-0.3, -0.25) is 9.59 Å². The molecule has 1 unspecified atom stereocenters. The van der Waals surface area contributed by atoms with Gasteiger partial charge >= 0.3 is 0 Å². The molecule has 0 aliphatic rings. The fourth-order valence-electron chi connectivity index (χ4n) is 2.76. The summed E-state index contributed by atoms with van der Waals surface area (Å²) < 4.78 is 5.53. The predicted octanol–water partition coefficient (Wildman–Crippen LogP) is 4.09. The normalized spacial score (nSPS) is 11.4. The molecule has 0 aromatic heterocycles. The Hall–Kier alpha value is -3.40. The molecule has 0 saturated carbocycles. The minimum absolute atomic E-state index is 0.102. The summed E-state index contributed by atoms with van der Waals surface area (Å²) in [6.07, 6.45) is 0.766. The molecule has 4 nitrogen and oxygen atoms in total. The lowest BCUT2D eigenvalue weighted by Gasteiger charge is -2.20. The van der Waals surface area contributed by atoms with Crippen molar-refractivity contribution >= 4 is 12.2 Å². The number of rotatable bonds is 7.